The average Bonchev–Trinajstić information content (AvgIpc) is 2.63. The fourth-order valence-electron chi connectivity index (χ4n) is 2.33. The van der Waals surface area contributed by atoms with Gasteiger partial charge in [0.2, 0.25) is 0 Å². The Morgan fingerprint density at radius 1 is 0.846 bits per heavy atom. The van der Waals surface area contributed by atoms with E-state index in [9.17, 15) is 8.63 Å². The number of aromatic nitrogens is 1. The van der Waals surface area contributed by atoms with Crippen molar-refractivity contribution in [2.45, 2.75) is 0 Å². The first-order chi connectivity index (χ1) is 12.5. The molecule has 0 radical (unpaired) electrons. The summed E-state index contributed by atoms with van der Waals surface area (Å²) in [4.78, 5) is 4.36. The highest BCUT2D eigenvalue weighted by molar-refractivity contribution is 14.1. The maximum Gasteiger partial charge on any atom is 0.796 e. The lowest BCUT2D eigenvalue weighted by Crippen LogP contribution is -2.04. The van der Waals surface area contributed by atoms with E-state index in [1.54, 1.807) is 24.4 Å². The minimum absolute atomic E-state index is 0.0888. The topological polar surface area (TPSA) is 22.1 Å². The molecule has 0 saturated heterocycles. The van der Waals surface area contributed by atoms with E-state index in [0.717, 1.165) is 18.3 Å². The van der Waals surface area contributed by atoms with Gasteiger partial charge in [0.05, 0.1) is 5.69 Å². The normalized spacial score (nSPS) is 11.3. The van der Waals surface area contributed by atoms with Crippen LogP contribution in [0.2, 0.25) is 0 Å². The lowest BCUT2D eigenvalue weighted by molar-refractivity contribution is 0.398. The zero-order valence-electron chi connectivity index (χ0n) is 13.4. The summed E-state index contributed by atoms with van der Waals surface area (Å²) in [6, 6.07) is 19.0. The summed E-state index contributed by atoms with van der Waals surface area (Å²) in [5.74, 6) is 0.0888. The third kappa shape index (κ3) is 5.26. The Morgan fingerprint density at radius 2 is 1.42 bits per heavy atom. The molecule has 3 rings (SSSR count). The molecule has 0 N–H and O–H groups in total. The molecular formula is C19H12BF2I2NO. The van der Waals surface area contributed by atoms with Crippen LogP contribution in [0.4, 0.5) is 8.63 Å². The molecule has 0 amide bonds. The average molecular weight is 573 g/mol. The van der Waals surface area contributed by atoms with Crippen LogP contribution in [0.25, 0.3) is 23.0 Å². The highest BCUT2D eigenvalue weighted by Crippen LogP contribution is 2.24. The number of benzene rings is 2. The van der Waals surface area contributed by atoms with Crippen LogP contribution in [0, 0.1) is 7.14 Å². The molecule has 0 unspecified atom stereocenters. The van der Waals surface area contributed by atoms with E-state index < -0.39 is 7.47 Å². The zero-order chi connectivity index (χ0) is 18.5. The molecule has 0 aliphatic carbocycles. The van der Waals surface area contributed by atoms with Crippen LogP contribution in [0.15, 0.2) is 66.9 Å². The molecule has 0 spiro atoms. The Labute approximate surface area is 178 Å². The van der Waals surface area contributed by atoms with Crippen molar-refractivity contribution in [3.63, 3.8) is 0 Å². The Bertz CT molecular complexity index is 898. The summed E-state index contributed by atoms with van der Waals surface area (Å²) >= 11 is 4.41. The Balaban J connectivity index is 1.89. The van der Waals surface area contributed by atoms with Crippen molar-refractivity contribution in [2.24, 2.45) is 0 Å². The highest BCUT2D eigenvalue weighted by Gasteiger charge is 2.20. The summed E-state index contributed by atoms with van der Waals surface area (Å²) in [7, 11) is -2.90. The molecule has 0 saturated carbocycles. The molecule has 0 atom stereocenters. The van der Waals surface area contributed by atoms with Crippen LogP contribution in [0.3, 0.4) is 0 Å². The Morgan fingerprint density at radius 3 is 1.96 bits per heavy atom. The summed E-state index contributed by atoms with van der Waals surface area (Å²) in [6.07, 6.45) is 3.24. The van der Waals surface area contributed by atoms with Gasteiger partial charge in [0.25, 0.3) is 0 Å². The van der Waals surface area contributed by atoms with E-state index in [4.69, 9.17) is 4.65 Å². The molecule has 3 aromatic rings. The second-order valence-electron chi connectivity index (χ2n) is 5.37. The van der Waals surface area contributed by atoms with Crippen LogP contribution in [0.5, 0.6) is 0 Å². The lowest BCUT2D eigenvalue weighted by Gasteiger charge is -2.09. The van der Waals surface area contributed by atoms with E-state index >= 15 is 0 Å². The minimum Gasteiger partial charge on any atom is -0.505 e. The molecule has 1 aromatic heterocycles. The number of pyridine rings is 1. The van der Waals surface area contributed by atoms with Gasteiger partial charge in [-0.3, -0.25) is 4.98 Å². The summed E-state index contributed by atoms with van der Waals surface area (Å²) in [5, 5.41) is 0. The van der Waals surface area contributed by atoms with Gasteiger partial charge in [0.1, 0.15) is 5.76 Å². The Kier molecular flexibility index (Phi) is 6.63. The second kappa shape index (κ2) is 8.94. The molecular weight excluding hydrogens is 561 g/mol. The van der Waals surface area contributed by atoms with Crippen LogP contribution in [-0.4, -0.2) is 12.5 Å². The number of rotatable bonds is 5. The van der Waals surface area contributed by atoms with E-state index in [-0.39, 0.29) is 5.76 Å². The SMILES string of the molecule is FB(F)O/C(=C/c1ccc(-c2ccc(I)cc2)cn1)c1ccc(I)cc1. The number of hydrogen-bond acceptors (Lipinski definition) is 2. The lowest BCUT2D eigenvalue weighted by atomic mass is 10.1. The smallest absolute Gasteiger partial charge is 0.505 e. The largest absolute Gasteiger partial charge is 0.796 e. The van der Waals surface area contributed by atoms with Gasteiger partial charge in [-0.1, -0.05) is 30.3 Å². The molecule has 26 heavy (non-hydrogen) atoms. The predicted molar refractivity (Wildman–Crippen MR) is 118 cm³/mol. The van der Waals surface area contributed by atoms with Crippen molar-refractivity contribution in [3.8, 4) is 11.1 Å². The van der Waals surface area contributed by atoms with Crippen molar-refractivity contribution in [3.05, 3.63) is 85.3 Å². The second-order valence-corrected chi connectivity index (χ2v) is 7.86. The monoisotopic (exact) mass is 573 g/mol. The Hall–Kier alpha value is -1.49. The van der Waals surface area contributed by atoms with Gasteiger partial charge in [-0.05, 0) is 81.1 Å². The molecule has 0 fully saturated rings. The van der Waals surface area contributed by atoms with Crippen molar-refractivity contribution in [1.82, 2.24) is 4.98 Å². The molecule has 1 heterocycles. The first-order valence-electron chi connectivity index (χ1n) is 7.66. The maximum absolute atomic E-state index is 12.8. The van der Waals surface area contributed by atoms with Crippen molar-refractivity contribution < 1.29 is 13.3 Å². The number of hydrogen-bond donors (Lipinski definition) is 0. The third-order valence-electron chi connectivity index (χ3n) is 3.59. The van der Waals surface area contributed by atoms with E-state index in [1.165, 1.54) is 6.08 Å². The molecule has 0 aliphatic heterocycles. The van der Waals surface area contributed by atoms with Gasteiger partial charge < -0.3 is 4.65 Å². The van der Waals surface area contributed by atoms with E-state index in [1.807, 2.05) is 42.5 Å². The fourth-order valence-corrected chi connectivity index (χ4v) is 3.05. The summed E-state index contributed by atoms with van der Waals surface area (Å²) in [6.45, 7) is 0. The van der Waals surface area contributed by atoms with Crippen LogP contribution in [0.1, 0.15) is 11.3 Å². The van der Waals surface area contributed by atoms with Gasteiger partial charge >= 0.3 is 7.47 Å². The van der Waals surface area contributed by atoms with Crippen molar-refractivity contribution in [2.75, 3.05) is 0 Å². The summed E-state index contributed by atoms with van der Waals surface area (Å²) < 4.78 is 32.4. The first kappa shape index (κ1) is 19.3. The van der Waals surface area contributed by atoms with Gasteiger partial charge in [-0.2, -0.15) is 0 Å². The van der Waals surface area contributed by atoms with Gasteiger partial charge in [-0.15, -0.1) is 0 Å². The molecule has 0 bridgehead atoms. The van der Waals surface area contributed by atoms with Crippen molar-refractivity contribution in [1.29, 1.82) is 0 Å². The van der Waals surface area contributed by atoms with Crippen LogP contribution in [-0.2, 0) is 4.65 Å². The van der Waals surface area contributed by atoms with Crippen molar-refractivity contribution >= 4 is 64.5 Å². The van der Waals surface area contributed by atoms with E-state index in [0.29, 0.717) is 11.3 Å². The molecule has 130 valence electrons. The zero-order valence-corrected chi connectivity index (χ0v) is 17.7. The molecule has 7 heteroatoms. The number of nitrogens with zero attached hydrogens (tertiary/aromatic N) is 1. The minimum atomic E-state index is -2.90. The standard InChI is InChI=1S/C19H12BF2I2NO/c21-20(22)26-19(14-3-8-17(24)9-4-14)11-18-10-5-15(12-25-18)13-1-6-16(23)7-2-13/h1-12H/b19-11+. The molecule has 2 aromatic carbocycles. The van der Waals surface area contributed by atoms with E-state index in [2.05, 4.69) is 50.2 Å². The molecule has 2 nitrogen and oxygen atoms in total. The fraction of sp³-hybridized carbons (Fsp3) is 0. The number of halogens is 4. The predicted octanol–water partition coefficient (Wildman–Crippen LogP) is 6.40. The van der Waals surface area contributed by atoms with Gasteiger partial charge in [0.15, 0.2) is 0 Å². The maximum atomic E-state index is 12.8. The summed E-state index contributed by atoms with van der Waals surface area (Å²) in [5.41, 5.74) is 3.14. The quantitative estimate of drug-likeness (QED) is 0.201. The van der Waals surface area contributed by atoms with Crippen LogP contribution < -0.4 is 0 Å². The van der Waals surface area contributed by atoms with Gasteiger partial charge in [0, 0.05) is 30.5 Å². The first-order valence-corrected chi connectivity index (χ1v) is 9.81. The van der Waals surface area contributed by atoms with Crippen LogP contribution >= 0.6 is 45.2 Å². The third-order valence-corrected chi connectivity index (χ3v) is 5.03. The highest BCUT2D eigenvalue weighted by atomic mass is 127. The molecule has 0 aliphatic rings. The van der Waals surface area contributed by atoms with Gasteiger partial charge in [-0.25, -0.2) is 8.63 Å².